The first kappa shape index (κ1) is 12.3. The van der Waals surface area contributed by atoms with Gasteiger partial charge in [-0.3, -0.25) is 19.6 Å². The maximum absolute atomic E-state index is 12.1. The monoisotopic (exact) mass is 245 g/mol. The van der Waals surface area contributed by atoms with Crippen LogP contribution >= 0.6 is 0 Å². The highest BCUT2D eigenvalue weighted by Crippen LogP contribution is 2.22. The predicted molar refractivity (Wildman–Crippen MR) is 69.1 cm³/mol. The summed E-state index contributed by atoms with van der Waals surface area (Å²) in [6.45, 7) is 3.64. The third-order valence-corrected chi connectivity index (χ3v) is 2.82. The van der Waals surface area contributed by atoms with Gasteiger partial charge in [-0.25, -0.2) is 5.84 Å². The van der Waals surface area contributed by atoms with E-state index in [0.717, 1.165) is 10.9 Å². The molecule has 5 nitrogen and oxygen atoms in total. The quantitative estimate of drug-likeness (QED) is 0.478. The van der Waals surface area contributed by atoms with Gasteiger partial charge in [0.15, 0.2) is 0 Å². The maximum Gasteiger partial charge on any atom is 0.267 e. The van der Waals surface area contributed by atoms with E-state index in [1.54, 1.807) is 6.07 Å². The van der Waals surface area contributed by atoms with Crippen molar-refractivity contribution in [2.75, 3.05) is 0 Å². The minimum Gasteiger partial charge on any atom is -0.290 e. The number of hydrogen-bond acceptors (Lipinski definition) is 3. The predicted octanol–water partition coefficient (Wildman–Crippen LogP) is 1.54. The van der Waals surface area contributed by atoms with Crippen LogP contribution in [0.25, 0.3) is 10.9 Å². The molecule has 0 radical (unpaired) electrons. The molecule has 0 fully saturated rings. The van der Waals surface area contributed by atoms with Gasteiger partial charge in [0.05, 0.1) is 11.1 Å². The van der Waals surface area contributed by atoms with Crippen molar-refractivity contribution in [2.24, 2.45) is 11.8 Å². The van der Waals surface area contributed by atoms with E-state index in [4.69, 9.17) is 5.84 Å². The number of hydrazine groups is 1. The molecule has 0 spiro atoms. The van der Waals surface area contributed by atoms with E-state index in [9.17, 15) is 9.59 Å². The molecule has 94 valence electrons. The Morgan fingerprint density at radius 2 is 1.94 bits per heavy atom. The molecule has 0 saturated heterocycles. The molecule has 0 aliphatic rings. The Morgan fingerprint density at radius 1 is 1.28 bits per heavy atom. The van der Waals surface area contributed by atoms with E-state index in [1.165, 1.54) is 10.8 Å². The molecule has 0 atom stereocenters. The Labute approximate surface area is 105 Å². The number of nitrogens with two attached hydrogens (primary N) is 1. The number of nitrogens with one attached hydrogen (secondary N) is 1. The van der Waals surface area contributed by atoms with Crippen LogP contribution in [-0.2, 0) is 0 Å². The Morgan fingerprint density at radius 3 is 2.56 bits per heavy atom. The number of rotatable bonds is 2. The molecule has 18 heavy (non-hydrogen) atoms. The van der Waals surface area contributed by atoms with Gasteiger partial charge in [0.2, 0.25) is 5.91 Å². The van der Waals surface area contributed by atoms with Crippen molar-refractivity contribution in [1.82, 2.24) is 9.99 Å². The fourth-order valence-electron chi connectivity index (χ4n) is 1.90. The van der Waals surface area contributed by atoms with Gasteiger partial charge in [0.1, 0.15) is 0 Å². The standard InChI is InChI=1S/C13H15N3O2/c1-8(2)13(18)16-7-10(12(17)15-14)9-5-3-4-6-11(9)16/h3-8H,14H2,1-2H3,(H,15,17). The number of para-hydroxylation sites is 1. The summed E-state index contributed by atoms with van der Waals surface area (Å²) in [6.07, 6.45) is 1.54. The largest absolute Gasteiger partial charge is 0.290 e. The lowest BCUT2D eigenvalue weighted by Crippen LogP contribution is -2.29. The molecular formula is C13H15N3O2. The van der Waals surface area contributed by atoms with Gasteiger partial charge in [0.25, 0.3) is 5.91 Å². The van der Waals surface area contributed by atoms with Gasteiger partial charge in [-0.1, -0.05) is 32.0 Å². The highest BCUT2D eigenvalue weighted by molar-refractivity contribution is 6.09. The van der Waals surface area contributed by atoms with Crippen LogP contribution in [0.4, 0.5) is 0 Å². The number of carbonyl (C=O) groups excluding carboxylic acids is 2. The van der Waals surface area contributed by atoms with Crippen LogP contribution in [0.1, 0.15) is 29.0 Å². The van der Waals surface area contributed by atoms with Crippen LogP contribution in [-0.4, -0.2) is 16.4 Å². The molecular weight excluding hydrogens is 230 g/mol. The third-order valence-electron chi connectivity index (χ3n) is 2.82. The van der Waals surface area contributed by atoms with Crippen LogP contribution in [0.2, 0.25) is 0 Å². The summed E-state index contributed by atoms with van der Waals surface area (Å²) in [5.74, 6) is 4.55. The number of benzene rings is 1. The second-order valence-corrected chi connectivity index (χ2v) is 4.40. The van der Waals surface area contributed by atoms with Crippen molar-refractivity contribution in [2.45, 2.75) is 13.8 Å². The molecule has 1 amide bonds. The Balaban J connectivity index is 2.69. The first-order valence-corrected chi connectivity index (χ1v) is 5.71. The second kappa shape index (κ2) is 4.62. The Bertz CT molecular complexity index is 614. The van der Waals surface area contributed by atoms with Crippen molar-refractivity contribution in [3.05, 3.63) is 36.0 Å². The van der Waals surface area contributed by atoms with Gasteiger partial charge in [-0.2, -0.15) is 0 Å². The molecule has 3 N–H and O–H groups in total. The van der Waals surface area contributed by atoms with E-state index in [0.29, 0.717) is 5.56 Å². The fraction of sp³-hybridized carbons (Fsp3) is 0.231. The zero-order valence-electron chi connectivity index (χ0n) is 10.3. The van der Waals surface area contributed by atoms with E-state index in [-0.39, 0.29) is 11.8 Å². The first-order chi connectivity index (χ1) is 8.56. The van der Waals surface area contributed by atoms with Crippen LogP contribution in [0.5, 0.6) is 0 Å². The smallest absolute Gasteiger partial charge is 0.267 e. The summed E-state index contributed by atoms with van der Waals surface area (Å²) in [5, 5.41) is 0.717. The van der Waals surface area contributed by atoms with Crippen LogP contribution in [0, 0.1) is 5.92 Å². The van der Waals surface area contributed by atoms with E-state index < -0.39 is 5.91 Å². The molecule has 2 aromatic rings. The average Bonchev–Trinajstić information content (AvgIpc) is 2.76. The molecule has 0 aliphatic heterocycles. The minimum absolute atomic E-state index is 0.0535. The average molecular weight is 245 g/mol. The number of aromatic nitrogens is 1. The van der Waals surface area contributed by atoms with Gasteiger partial charge in [0, 0.05) is 17.5 Å². The second-order valence-electron chi connectivity index (χ2n) is 4.40. The number of amides is 1. The van der Waals surface area contributed by atoms with Crippen molar-refractivity contribution in [3.63, 3.8) is 0 Å². The summed E-state index contributed by atoms with van der Waals surface area (Å²) in [7, 11) is 0. The minimum atomic E-state index is -0.401. The summed E-state index contributed by atoms with van der Waals surface area (Å²) >= 11 is 0. The summed E-state index contributed by atoms with van der Waals surface area (Å²) < 4.78 is 1.50. The van der Waals surface area contributed by atoms with Crippen molar-refractivity contribution in [1.29, 1.82) is 0 Å². The van der Waals surface area contributed by atoms with Gasteiger partial charge < -0.3 is 0 Å². The van der Waals surface area contributed by atoms with Gasteiger partial charge in [-0.15, -0.1) is 0 Å². The lowest BCUT2D eigenvalue weighted by molar-refractivity contribution is 0.0860. The van der Waals surface area contributed by atoms with Crippen LogP contribution in [0.15, 0.2) is 30.5 Å². The van der Waals surface area contributed by atoms with E-state index in [1.807, 2.05) is 32.0 Å². The molecule has 2 rings (SSSR count). The van der Waals surface area contributed by atoms with Gasteiger partial charge >= 0.3 is 0 Å². The van der Waals surface area contributed by atoms with E-state index in [2.05, 4.69) is 5.43 Å². The zero-order chi connectivity index (χ0) is 13.3. The summed E-state index contributed by atoms with van der Waals surface area (Å²) in [6, 6.07) is 7.25. The molecule has 1 aromatic carbocycles. The zero-order valence-corrected chi connectivity index (χ0v) is 10.3. The lowest BCUT2D eigenvalue weighted by Gasteiger charge is -2.06. The number of nitrogen functional groups attached to an aromatic ring is 1. The molecule has 1 heterocycles. The summed E-state index contributed by atoms with van der Waals surface area (Å²) in [5.41, 5.74) is 3.21. The number of fused-ring (bicyclic) bond motifs is 1. The molecule has 0 unspecified atom stereocenters. The van der Waals surface area contributed by atoms with Crippen molar-refractivity contribution < 1.29 is 9.59 Å². The Hall–Kier alpha value is -2.14. The topological polar surface area (TPSA) is 77.1 Å². The normalized spacial score (nSPS) is 10.9. The number of carbonyl (C=O) groups is 2. The summed E-state index contributed by atoms with van der Waals surface area (Å²) in [4.78, 5) is 23.8. The molecule has 5 heteroatoms. The molecule has 0 aliphatic carbocycles. The highest BCUT2D eigenvalue weighted by atomic mass is 16.2. The number of hydrogen-bond donors (Lipinski definition) is 2. The molecule has 1 aromatic heterocycles. The van der Waals surface area contributed by atoms with Crippen molar-refractivity contribution in [3.8, 4) is 0 Å². The molecule has 0 saturated carbocycles. The first-order valence-electron chi connectivity index (χ1n) is 5.71. The Kier molecular flexibility index (Phi) is 3.16. The highest BCUT2D eigenvalue weighted by Gasteiger charge is 2.18. The lowest BCUT2D eigenvalue weighted by atomic mass is 10.1. The number of nitrogens with zero attached hydrogens (tertiary/aromatic N) is 1. The van der Waals surface area contributed by atoms with E-state index >= 15 is 0 Å². The van der Waals surface area contributed by atoms with Gasteiger partial charge in [-0.05, 0) is 6.07 Å². The fourth-order valence-corrected chi connectivity index (χ4v) is 1.90. The van der Waals surface area contributed by atoms with Crippen LogP contribution < -0.4 is 11.3 Å². The molecule has 0 bridgehead atoms. The van der Waals surface area contributed by atoms with Crippen molar-refractivity contribution >= 4 is 22.7 Å². The van der Waals surface area contributed by atoms with Crippen LogP contribution in [0.3, 0.4) is 0 Å². The maximum atomic E-state index is 12.1. The SMILES string of the molecule is CC(C)C(=O)n1cc(C(=O)NN)c2ccccc21. The third kappa shape index (κ3) is 1.89.